The van der Waals surface area contributed by atoms with Gasteiger partial charge in [0.25, 0.3) is 0 Å². The number of rotatable bonds is 2. The van der Waals surface area contributed by atoms with Crippen LogP contribution in [0.25, 0.3) is 0 Å². The Bertz CT molecular complexity index is 354. The lowest BCUT2D eigenvalue weighted by molar-refractivity contribution is -0.143. The van der Waals surface area contributed by atoms with Gasteiger partial charge in [-0.05, 0) is 31.6 Å². The zero-order valence-electron chi connectivity index (χ0n) is 10.0. The number of carbonyl (C=O) groups excluding carboxylic acids is 2. The Morgan fingerprint density at radius 3 is 2.47 bits per heavy atom. The largest absolute Gasteiger partial charge is 0.393 e. The first kappa shape index (κ1) is 11.2. The van der Waals surface area contributed by atoms with Crippen molar-refractivity contribution in [3.05, 3.63) is 0 Å². The second-order valence-corrected chi connectivity index (χ2v) is 5.96. The van der Waals surface area contributed by atoms with Crippen molar-refractivity contribution in [1.29, 1.82) is 0 Å². The molecule has 1 saturated heterocycles. The van der Waals surface area contributed by atoms with E-state index in [1.807, 2.05) is 0 Å². The summed E-state index contributed by atoms with van der Waals surface area (Å²) in [6, 6.07) is 0. The summed E-state index contributed by atoms with van der Waals surface area (Å²) >= 11 is 0. The van der Waals surface area contributed by atoms with E-state index in [1.54, 1.807) is 0 Å². The molecule has 2 aliphatic carbocycles. The molecule has 0 radical (unpaired) electrons. The predicted molar refractivity (Wildman–Crippen MR) is 61.0 cm³/mol. The Morgan fingerprint density at radius 2 is 1.88 bits per heavy atom. The molecular formula is C13H19NO3. The fourth-order valence-corrected chi connectivity index (χ4v) is 3.60. The Labute approximate surface area is 101 Å². The standard InChI is InChI=1S/C13H19NO3/c15-10-5-9(6-10)8-14-11(16)7-13(12(14)17)3-1-2-4-13/h9-10,15H,1-8H2. The molecule has 3 aliphatic rings. The van der Waals surface area contributed by atoms with Crippen molar-refractivity contribution in [3.63, 3.8) is 0 Å². The van der Waals surface area contributed by atoms with Gasteiger partial charge in [0.15, 0.2) is 0 Å². The zero-order chi connectivity index (χ0) is 12.0. The van der Waals surface area contributed by atoms with E-state index >= 15 is 0 Å². The monoisotopic (exact) mass is 237 g/mol. The number of likely N-dealkylation sites (tertiary alicyclic amines) is 1. The van der Waals surface area contributed by atoms with E-state index in [0.717, 1.165) is 38.5 Å². The van der Waals surface area contributed by atoms with Crippen LogP contribution in [-0.4, -0.2) is 34.5 Å². The predicted octanol–water partition coefficient (Wildman–Crippen LogP) is 1.08. The third-order valence-electron chi connectivity index (χ3n) is 4.70. The van der Waals surface area contributed by atoms with Crippen LogP contribution in [0.2, 0.25) is 0 Å². The van der Waals surface area contributed by atoms with Crippen LogP contribution in [-0.2, 0) is 9.59 Å². The summed E-state index contributed by atoms with van der Waals surface area (Å²) in [6.07, 6.45) is 5.63. The van der Waals surface area contributed by atoms with E-state index < -0.39 is 0 Å². The molecule has 0 atom stereocenters. The average molecular weight is 237 g/mol. The van der Waals surface area contributed by atoms with Gasteiger partial charge in [0.1, 0.15) is 0 Å². The molecule has 2 saturated carbocycles. The van der Waals surface area contributed by atoms with Crippen LogP contribution >= 0.6 is 0 Å². The maximum absolute atomic E-state index is 12.3. The van der Waals surface area contributed by atoms with Crippen LogP contribution in [0.3, 0.4) is 0 Å². The summed E-state index contributed by atoms with van der Waals surface area (Å²) in [5.74, 6) is 0.411. The van der Waals surface area contributed by atoms with Crippen molar-refractivity contribution in [2.24, 2.45) is 11.3 Å². The maximum Gasteiger partial charge on any atom is 0.235 e. The van der Waals surface area contributed by atoms with Gasteiger partial charge >= 0.3 is 0 Å². The number of carbonyl (C=O) groups is 2. The van der Waals surface area contributed by atoms with Crippen molar-refractivity contribution in [2.45, 2.75) is 51.0 Å². The molecule has 94 valence electrons. The lowest BCUT2D eigenvalue weighted by Crippen LogP contribution is -2.42. The van der Waals surface area contributed by atoms with Gasteiger partial charge < -0.3 is 5.11 Å². The first-order valence-corrected chi connectivity index (χ1v) is 6.64. The first-order chi connectivity index (χ1) is 8.11. The Kier molecular flexibility index (Phi) is 2.51. The number of amides is 2. The van der Waals surface area contributed by atoms with E-state index in [4.69, 9.17) is 0 Å². The molecule has 4 heteroatoms. The quantitative estimate of drug-likeness (QED) is 0.731. The average Bonchev–Trinajstić information content (AvgIpc) is 2.78. The number of nitrogens with zero attached hydrogens (tertiary/aromatic N) is 1. The molecule has 1 N–H and O–H groups in total. The van der Waals surface area contributed by atoms with Gasteiger partial charge in [-0.25, -0.2) is 0 Å². The van der Waals surface area contributed by atoms with Gasteiger partial charge in [0, 0.05) is 13.0 Å². The molecule has 2 amide bonds. The SMILES string of the molecule is O=C1CC2(CCCC2)C(=O)N1CC1CC(O)C1. The van der Waals surface area contributed by atoms with Gasteiger partial charge in [-0.2, -0.15) is 0 Å². The molecule has 1 aliphatic heterocycles. The van der Waals surface area contributed by atoms with E-state index in [0.29, 0.717) is 18.9 Å². The summed E-state index contributed by atoms with van der Waals surface area (Å²) in [6.45, 7) is 0.538. The highest BCUT2D eigenvalue weighted by Gasteiger charge is 2.53. The van der Waals surface area contributed by atoms with E-state index in [1.165, 1.54) is 4.90 Å². The Morgan fingerprint density at radius 1 is 1.24 bits per heavy atom. The number of aliphatic hydroxyl groups is 1. The van der Waals surface area contributed by atoms with Crippen molar-refractivity contribution in [3.8, 4) is 0 Å². The number of hydrogen-bond acceptors (Lipinski definition) is 3. The third-order valence-corrected chi connectivity index (χ3v) is 4.70. The van der Waals surface area contributed by atoms with Crippen molar-refractivity contribution in [1.82, 2.24) is 4.90 Å². The Hall–Kier alpha value is -0.900. The van der Waals surface area contributed by atoms with Crippen molar-refractivity contribution < 1.29 is 14.7 Å². The van der Waals surface area contributed by atoms with Crippen LogP contribution in [0.5, 0.6) is 0 Å². The van der Waals surface area contributed by atoms with Gasteiger partial charge in [-0.1, -0.05) is 12.8 Å². The zero-order valence-corrected chi connectivity index (χ0v) is 10.0. The van der Waals surface area contributed by atoms with Crippen molar-refractivity contribution in [2.75, 3.05) is 6.54 Å². The van der Waals surface area contributed by atoms with Gasteiger partial charge in [-0.15, -0.1) is 0 Å². The highest BCUT2D eigenvalue weighted by molar-refractivity contribution is 6.06. The lowest BCUT2D eigenvalue weighted by atomic mass is 9.82. The summed E-state index contributed by atoms with van der Waals surface area (Å²) in [5, 5.41) is 9.24. The molecule has 0 unspecified atom stereocenters. The molecule has 0 aromatic carbocycles. The molecular weight excluding hydrogens is 218 g/mol. The van der Waals surface area contributed by atoms with Crippen LogP contribution in [0, 0.1) is 11.3 Å². The van der Waals surface area contributed by atoms with Crippen LogP contribution in [0.15, 0.2) is 0 Å². The molecule has 3 rings (SSSR count). The first-order valence-electron chi connectivity index (χ1n) is 6.64. The molecule has 0 bridgehead atoms. The minimum absolute atomic E-state index is 0.0123. The molecule has 1 heterocycles. The van der Waals surface area contributed by atoms with E-state index in [2.05, 4.69) is 0 Å². The van der Waals surface area contributed by atoms with Gasteiger partial charge in [0.2, 0.25) is 11.8 Å². The second-order valence-electron chi connectivity index (χ2n) is 5.96. The molecule has 0 aromatic heterocycles. The summed E-state index contributed by atoms with van der Waals surface area (Å²) in [5.41, 5.74) is -0.334. The fraction of sp³-hybridized carbons (Fsp3) is 0.846. The normalized spacial score (nSPS) is 35.7. The molecule has 1 spiro atoms. The van der Waals surface area contributed by atoms with Crippen LogP contribution in [0.1, 0.15) is 44.9 Å². The molecule has 17 heavy (non-hydrogen) atoms. The van der Waals surface area contributed by atoms with Gasteiger partial charge in [-0.3, -0.25) is 14.5 Å². The topological polar surface area (TPSA) is 57.6 Å². The Balaban J connectivity index is 1.69. The van der Waals surface area contributed by atoms with E-state index in [9.17, 15) is 14.7 Å². The minimum atomic E-state index is -0.334. The summed E-state index contributed by atoms with van der Waals surface area (Å²) < 4.78 is 0. The highest BCUT2D eigenvalue weighted by atomic mass is 16.3. The minimum Gasteiger partial charge on any atom is -0.393 e. The molecule has 3 fully saturated rings. The summed E-state index contributed by atoms with van der Waals surface area (Å²) in [4.78, 5) is 25.8. The third kappa shape index (κ3) is 1.69. The number of imide groups is 1. The van der Waals surface area contributed by atoms with E-state index in [-0.39, 0.29) is 23.3 Å². The highest BCUT2D eigenvalue weighted by Crippen LogP contribution is 2.47. The summed E-state index contributed by atoms with van der Waals surface area (Å²) in [7, 11) is 0. The second kappa shape index (κ2) is 3.80. The van der Waals surface area contributed by atoms with Crippen molar-refractivity contribution >= 4 is 11.8 Å². The van der Waals surface area contributed by atoms with Crippen LogP contribution in [0.4, 0.5) is 0 Å². The van der Waals surface area contributed by atoms with Gasteiger partial charge in [0.05, 0.1) is 11.5 Å². The fourth-order valence-electron chi connectivity index (χ4n) is 3.60. The molecule has 4 nitrogen and oxygen atoms in total. The maximum atomic E-state index is 12.3. The lowest BCUT2D eigenvalue weighted by Gasteiger charge is -2.34. The smallest absolute Gasteiger partial charge is 0.235 e. The number of aliphatic hydroxyl groups excluding tert-OH is 1. The van der Waals surface area contributed by atoms with Crippen LogP contribution < -0.4 is 0 Å². The molecule has 0 aromatic rings. The number of hydrogen-bond donors (Lipinski definition) is 1.